The van der Waals surface area contributed by atoms with E-state index in [0.717, 1.165) is 0 Å². The van der Waals surface area contributed by atoms with E-state index >= 15 is 0 Å². The summed E-state index contributed by atoms with van der Waals surface area (Å²) in [6, 6.07) is 5.84. The maximum Gasteiger partial charge on any atom is 0.148 e. The van der Waals surface area contributed by atoms with Gasteiger partial charge in [-0.2, -0.15) is 5.10 Å². The van der Waals surface area contributed by atoms with Crippen molar-refractivity contribution in [2.75, 3.05) is 5.73 Å². The number of nitrogen functional groups attached to an aromatic ring is 1. The van der Waals surface area contributed by atoms with Crippen LogP contribution >= 0.6 is 11.6 Å². The molecule has 1 aromatic heterocycles. The van der Waals surface area contributed by atoms with Crippen molar-refractivity contribution >= 4 is 17.4 Å². The van der Waals surface area contributed by atoms with Crippen LogP contribution in [0, 0.1) is 5.82 Å². The second kappa shape index (κ2) is 3.31. The maximum absolute atomic E-state index is 13.3. The van der Waals surface area contributed by atoms with Gasteiger partial charge in [0.05, 0.1) is 0 Å². The fourth-order valence-electron chi connectivity index (χ4n) is 1.13. The van der Waals surface area contributed by atoms with Gasteiger partial charge in [-0.3, -0.25) is 0 Å². The van der Waals surface area contributed by atoms with E-state index in [1.165, 1.54) is 22.9 Å². The number of nitrogens with two attached hydrogens (primary N) is 1. The third kappa shape index (κ3) is 1.56. The van der Waals surface area contributed by atoms with E-state index in [0.29, 0.717) is 10.8 Å². The molecule has 0 fully saturated rings. The summed E-state index contributed by atoms with van der Waals surface area (Å²) in [5.74, 6) is -0.0538. The monoisotopic (exact) mass is 211 g/mol. The Bertz CT molecular complexity index is 467. The zero-order chi connectivity index (χ0) is 10.1. The van der Waals surface area contributed by atoms with Gasteiger partial charge in [-0.1, -0.05) is 11.6 Å². The number of nitrogens with zero attached hydrogens (tertiary/aromatic N) is 2. The molecule has 0 bridgehead atoms. The quantitative estimate of drug-likeness (QED) is 0.786. The number of aromatic nitrogens is 2. The standard InChI is InChI=1S/C9H7ClFN3/c10-6-1-2-7(11)8(5-6)14-4-3-9(12)13-14/h1-5H,(H2,12,13). The van der Waals surface area contributed by atoms with Crippen molar-refractivity contribution in [1.29, 1.82) is 0 Å². The molecule has 72 valence electrons. The SMILES string of the molecule is Nc1ccn(-c2cc(Cl)ccc2F)n1. The van der Waals surface area contributed by atoms with Crippen LogP contribution in [0.3, 0.4) is 0 Å². The minimum Gasteiger partial charge on any atom is -0.382 e. The summed E-state index contributed by atoms with van der Waals surface area (Å²) < 4.78 is 14.6. The molecule has 0 saturated heterocycles. The van der Waals surface area contributed by atoms with Crippen LogP contribution in [-0.4, -0.2) is 9.78 Å². The van der Waals surface area contributed by atoms with Gasteiger partial charge < -0.3 is 5.73 Å². The molecule has 2 rings (SSSR count). The molecular weight excluding hydrogens is 205 g/mol. The Morgan fingerprint density at radius 1 is 1.36 bits per heavy atom. The summed E-state index contributed by atoms with van der Waals surface area (Å²) in [6.45, 7) is 0. The van der Waals surface area contributed by atoms with E-state index in [9.17, 15) is 4.39 Å². The molecule has 0 aliphatic carbocycles. The highest BCUT2D eigenvalue weighted by Gasteiger charge is 2.05. The molecule has 0 aliphatic rings. The second-order valence-electron chi connectivity index (χ2n) is 2.78. The number of benzene rings is 1. The molecule has 3 nitrogen and oxygen atoms in total. The van der Waals surface area contributed by atoms with Crippen molar-refractivity contribution in [1.82, 2.24) is 9.78 Å². The van der Waals surface area contributed by atoms with Crippen molar-refractivity contribution in [2.24, 2.45) is 0 Å². The second-order valence-corrected chi connectivity index (χ2v) is 3.22. The van der Waals surface area contributed by atoms with Crippen LogP contribution in [0.5, 0.6) is 0 Å². The average molecular weight is 212 g/mol. The number of rotatable bonds is 1. The van der Waals surface area contributed by atoms with Crippen molar-refractivity contribution in [2.45, 2.75) is 0 Å². The molecule has 0 radical (unpaired) electrons. The van der Waals surface area contributed by atoms with Crippen LogP contribution in [0.25, 0.3) is 5.69 Å². The topological polar surface area (TPSA) is 43.8 Å². The molecule has 0 saturated carbocycles. The lowest BCUT2D eigenvalue weighted by molar-refractivity contribution is 0.611. The van der Waals surface area contributed by atoms with E-state index in [-0.39, 0.29) is 5.69 Å². The van der Waals surface area contributed by atoms with Gasteiger partial charge in [0.2, 0.25) is 0 Å². The normalized spacial score (nSPS) is 10.4. The number of halogens is 2. The van der Waals surface area contributed by atoms with Crippen molar-refractivity contribution in [3.05, 3.63) is 41.3 Å². The fourth-order valence-corrected chi connectivity index (χ4v) is 1.30. The molecule has 0 atom stereocenters. The molecule has 1 heterocycles. The van der Waals surface area contributed by atoms with Crippen LogP contribution in [0.2, 0.25) is 5.02 Å². The minimum absolute atomic E-state index is 0.286. The smallest absolute Gasteiger partial charge is 0.148 e. The van der Waals surface area contributed by atoms with Crippen molar-refractivity contribution < 1.29 is 4.39 Å². The lowest BCUT2D eigenvalue weighted by atomic mass is 10.3. The Hall–Kier alpha value is -1.55. The van der Waals surface area contributed by atoms with E-state index in [1.54, 1.807) is 12.3 Å². The van der Waals surface area contributed by atoms with Gasteiger partial charge in [0.15, 0.2) is 0 Å². The zero-order valence-corrected chi connectivity index (χ0v) is 7.87. The Labute approximate surface area is 84.9 Å². The number of hydrogen-bond acceptors (Lipinski definition) is 2. The highest BCUT2D eigenvalue weighted by Crippen LogP contribution is 2.18. The molecular formula is C9H7ClFN3. The average Bonchev–Trinajstić information content (AvgIpc) is 2.56. The van der Waals surface area contributed by atoms with E-state index < -0.39 is 5.82 Å². The predicted octanol–water partition coefficient (Wildman–Crippen LogP) is 2.25. The van der Waals surface area contributed by atoms with Gasteiger partial charge in [-0.25, -0.2) is 9.07 Å². The van der Waals surface area contributed by atoms with Crippen LogP contribution < -0.4 is 5.73 Å². The van der Waals surface area contributed by atoms with E-state index in [4.69, 9.17) is 17.3 Å². The Morgan fingerprint density at radius 2 is 2.14 bits per heavy atom. The third-order valence-electron chi connectivity index (χ3n) is 1.76. The Kier molecular flexibility index (Phi) is 2.13. The Morgan fingerprint density at radius 3 is 2.79 bits per heavy atom. The molecule has 0 spiro atoms. The number of hydrogen-bond donors (Lipinski definition) is 1. The molecule has 14 heavy (non-hydrogen) atoms. The first-order valence-corrected chi connectivity index (χ1v) is 4.31. The molecule has 2 aromatic rings. The van der Waals surface area contributed by atoms with Gasteiger partial charge in [0.25, 0.3) is 0 Å². The van der Waals surface area contributed by atoms with Gasteiger partial charge in [0, 0.05) is 17.3 Å². The van der Waals surface area contributed by atoms with Gasteiger partial charge in [-0.05, 0) is 18.2 Å². The van der Waals surface area contributed by atoms with Crippen molar-refractivity contribution in [3.63, 3.8) is 0 Å². The lowest BCUT2D eigenvalue weighted by Gasteiger charge is -2.02. The van der Waals surface area contributed by atoms with Crippen LogP contribution in [-0.2, 0) is 0 Å². The minimum atomic E-state index is -0.391. The van der Waals surface area contributed by atoms with Crippen molar-refractivity contribution in [3.8, 4) is 5.69 Å². The van der Waals surface area contributed by atoms with E-state index in [1.807, 2.05) is 0 Å². The molecule has 0 unspecified atom stereocenters. The van der Waals surface area contributed by atoms with Gasteiger partial charge in [0.1, 0.15) is 17.3 Å². The maximum atomic E-state index is 13.3. The summed E-state index contributed by atoms with van der Waals surface area (Å²) in [4.78, 5) is 0. The van der Waals surface area contributed by atoms with Crippen LogP contribution in [0.4, 0.5) is 10.2 Å². The molecule has 0 aliphatic heterocycles. The lowest BCUT2D eigenvalue weighted by Crippen LogP contribution is -1.99. The first-order chi connectivity index (χ1) is 6.66. The summed E-state index contributed by atoms with van der Waals surface area (Å²) >= 11 is 5.73. The summed E-state index contributed by atoms with van der Waals surface area (Å²) in [6.07, 6.45) is 1.57. The molecule has 0 amide bonds. The highest BCUT2D eigenvalue weighted by atomic mass is 35.5. The first kappa shape index (κ1) is 9.02. The summed E-state index contributed by atoms with van der Waals surface area (Å²) in [5.41, 5.74) is 5.70. The predicted molar refractivity (Wildman–Crippen MR) is 52.9 cm³/mol. The molecule has 2 N–H and O–H groups in total. The third-order valence-corrected chi connectivity index (χ3v) is 2.00. The fraction of sp³-hybridized carbons (Fsp3) is 0. The molecule has 1 aromatic carbocycles. The van der Waals surface area contributed by atoms with Gasteiger partial charge >= 0.3 is 0 Å². The Balaban J connectivity index is 2.55. The summed E-state index contributed by atoms with van der Waals surface area (Å²) in [7, 11) is 0. The number of anilines is 1. The van der Waals surface area contributed by atoms with Gasteiger partial charge in [-0.15, -0.1) is 0 Å². The zero-order valence-electron chi connectivity index (χ0n) is 7.11. The van der Waals surface area contributed by atoms with Crippen LogP contribution in [0.15, 0.2) is 30.5 Å². The summed E-state index contributed by atoms with van der Waals surface area (Å²) in [5, 5.41) is 4.33. The van der Waals surface area contributed by atoms with E-state index in [2.05, 4.69) is 5.10 Å². The first-order valence-electron chi connectivity index (χ1n) is 3.93. The largest absolute Gasteiger partial charge is 0.382 e. The highest BCUT2D eigenvalue weighted by molar-refractivity contribution is 6.30. The van der Waals surface area contributed by atoms with Crippen LogP contribution in [0.1, 0.15) is 0 Å². The molecule has 5 heteroatoms.